The number of nitrogens with zero attached hydrogens (tertiary/aromatic N) is 1. The van der Waals surface area contributed by atoms with Crippen LogP contribution in [0.25, 0.3) is 0 Å². The van der Waals surface area contributed by atoms with Crippen LogP contribution in [-0.4, -0.2) is 68.8 Å². The molecule has 2 aliphatic heterocycles. The Morgan fingerprint density at radius 2 is 1.85 bits per heavy atom. The predicted molar refractivity (Wildman–Crippen MR) is 122 cm³/mol. The maximum Gasteiger partial charge on any atom is 0.252 e. The largest absolute Gasteiger partial charge is 0.454 e. The van der Waals surface area contributed by atoms with Gasteiger partial charge in [-0.05, 0) is 42.4 Å². The third-order valence-electron chi connectivity index (χ3n) is 5.85. The lowest BCUT2D eigenvalue weighted by Crippen LogP contribution is -2.54. The van der Waals surface area contributed by atoms with E-state index in [-0.39, 0.29) is 35.8 Å². The Hall–Kier alpha value is -2.81. The molecule has 2 aliphatic rings. The van der Waals surface area contributed by atoms with E-state index in [1.54, 1.807) is 25.3 Å². The number of amides is 3. The highest BCUT2D eigenvalue weighted by Gasteiger charge is 2.34. The highest BCUT2D eigenvalue weighted by molar-refractivity contribution is 5.98. The van der Waals surface area contributed by atoms with Crippen LogP contribution in [0.4, 0.5) is 0 Å². The van der Waals surface area contributed by atoms with E-state index in [1.807, 2.05) is 25.7 Å². The first-order valence-corrected chi connectivity index (χ1v) is 11.4. The second-order valence-corrected chi connectivity index (χ2v) is 9.76. The van der Waals surface area contributed by atoms with Crippen LogP contribution in [0.15, 0.2) is 18.2 Å². The number of carbonyl (C=O) groups excluding carboxylic acids is 3. The minimum Gasteiger partial charge on any atom is -0.454 e. The zero-order valence-electron chi connectivity index (χ0n) is 19.9. The molecule has 1 unspecified atom stereocenters. The summed E-state index contributed by atoms with van der Waals surface area (Å²) in [7, 11) is 1.56. The number of benzene rings is 1. The molecule has 0 bridgehead atoms. The minimum atomic E-state index is -0.709. The summed E-state index contributed by atoms with van der Waals surface area (Å²) in [6.07, 6.45) is 1.76. The van der Waals surface area contributed by atoms with E-state index < -0.39 is 6.04 Å². The topological polar surface area (TPSA) is 106 Å². The first-order chi connectivity index (χ1) is 15.7. The molecule has 2 heterocycles. The number of rotatable bonds is 8. The smallest absolute Gasteiger partial charge is 0.252 e. The fourth-order valence-corrected chi connectivity index (χ4v) is 4.09. The maximum atomic E-state index is 13.0. The standard InChI is InChI=1S/C24H35N3O6/c1-24(2,3)14-20(28)27-10-7-16(8-11-27)21(23(30)25-9-12-31-4)26-22(29)17-5-6-18-19(13-17)33-15-32-18/h5-6,13,16,21H,7-12,14-15H2,1-4H3,(H,25,30)(H,26,29). The second-order valence-electron chi connectivity index (χ2n) is 9.76. The molecule has 33 heavy (non-hydrogen) atoms. The van der Waals surface area contributed by atoms with Crippen molar-refractivity contribution in [3.05, 3.63) is 23.8 Å². The molecule has 0 spiro atoms. The fourth-order valence-electron chi connectivity index (χ4n) is 4.09. The number of piperidine rings is 1. The summed E-state index contributed by atoms with van der Waals surface area (Å²) in [6, 6.07) is 4.24. The lowest BCUT2D eigenvalue weighted by molar-refractivity contribution is -0.134. The Morgan fingerprint density at radius 1 is 1.15 bits per heavy atom. The van der Waals surface area contributed by atoms with Crippen molar-refractivity contribution >= 4 is 17.7 Å². The van der Waals surface area contributed by atoms with Crippen molar-refractivity contribution < 1.29 is 28.6 Å². The van der Waals surface area contributed by atoms with Crippen molar-refractivity contribution in [2.24, 2.45) is 11.3 Å². The van der Waals surface area contributed by atoms with Crippen LogP contribution in [0.5, 0.6) is 11.5 Å². The first kappa shape index (κ1) is 24.8. The highest BCUT2D eigenvalue weighted by atomic mass is 16.7. The summed E-state index contributed by atoms with van der Waals surface area (Å²) in [5.41, 5.74) is 0.322. The van der Waals surface area contributed by atoms with Crippen molar-refractivity contribution in [3.8, 4) is 11.5 Å². The lowest BCUT2D eigenvalue weighted by Gasteiger charge is -2.36. The van der Waals surface area contributed by atoms with Gasteiger partial charge in [-0.2, -0.15) is 0 Å². The number of hydrogen-bond donors (Lipinski definition) is 2. The van der Waals surface area contributed by atoms with E-state index in [0.29, 0.717) is 62.6 Å². The van der Waals surface area contributed by atoms with Crippen LogP contribution in [0.2, 0.25) is 0 Å². The van der Waals surface area contributed by atoms with Crippen molar-refractivity contribution in [1.82, 2.24) is 15.5 Å². The Balaban J connectivity index is 1.66. The number of fused-ring (bicyclic) bond motifs is 1. The summed E-state index contributed by atoms with van der Waals surface area (Å²) in [5, 5.41) is 5.75. The van der Waals surface area contributed by atoms with Crippen molar-refractivity contribution in [1.29, 1.82) is 0 Å². The minimum absolute atomic E-state index is 0.0731. The van der Waals surface area contributed by atoms with Gasteiger partial charge in [0.2, 0.25) is 18.6 Å². The quantitative estimate of drug-likeness (QED) is 0.573. The molecule has 0 radical (unpaired) electrons. The van der Waals surface area contributed by atoms with Gasteiger partial charge < -0.3 is 29.7 Å². The van der Waals surface area contributed by atoms with Crippen molar-refractivity contribution in [2.75, 3.05) is 40.1 Å². The summed E-state index contributed by atoms with van der Waals surface area (Å²) in [5.74, 6) is 0.546. The summed E-state index contributed by atoms with van der Waals surface area (Å²) >= 11 is 0. The molecule has 1 saturated heterocycles. The molecule has 0 aromatic heterocycles. The average molecular weight is 462 g/mol. The monoisotopic (exact) mass is 461 g/mol. The van der Waals surface area contributed by atoms with Crippen LogP contribution >= 0.6 is 0 Å². The van der Waals surface area contributed by atoms with Gasteiger partial charge in [-0.3, -0.25) is 14.4 Å². The Kier molecular flexibility index (Phi) is 8.18. The van der Waals surface area contributed by atoms with Gasteiger partial charge in [0.1, 0.15) is 6.04 Å². The molecule has 0 saturated carbocycles. The van der Waals surface area contributed by atoms with E-state index in [4.69, 9.17) is 14.2 Å². The molecule has 1 fully saturated rings. The summed E-state index contributed by atoms with van der Waals surface area (Å²) < 4.78 is 15.7. The average Bonchev–Trinajstić information content (AvgIpc) is 3.24. The molecular weight excluding hydrogens is 426 g/mol. The zero-order chi connectivity index (χ0) is 24.0. The van der Waals surface area contributed by atoms with E-state index >= 15 is 0 Å². The van der Waals surface area contributed by atoms with Gasteiger partial charge in [0.05, 0.1) is 6.61 Å². The van der Waals surface area contributed by atoms with Gasteiger partial charge in [0.25, 0.3) is 5.91 Å². The van der Waals surface area contributed by atoms with Crippen LogP contribution in [-0.2, 0) is 14.3 Å². The van der Waals surface area contributed by atoms with E-state index in [2.05, 4.69) is 10.6 Å². The molecule has 0 aliphatic carbocycles. The number of nitrogens with one attached hydrogen (secondary N) is 2. The molecule has 3 amide bonds. The SMILES string of the molecule is COCCNC(=O)C(NC(=O)c1ccc2c(c1)OCO2)C1CCN(C(=O)CC(C)(C)C)CC1. The number of hydrogen-bond acceptors (Lipinski definition) is 6. The van der Waals surface area contributed by atoms with Crippen molar-refractivity contribution in [3.63, 3.8) is 0 Å². The number of carbonyl (C=O) groups is 3. The molecule has 182 valence electrons. The summed E-state index contributed by atoms with van der Waals surface area (Å²) in [4.78, 5) is 40.4. The van der Waals surface area contributed by atoms with Crippen LogP contribution in [0.1, 0.15) is 50.4 Å². The van der Waals surface area contributed by atoms with E-state index in [1.165, 1.54) is 0 Å². The molecule has 9 heteroatoms. The lowest BCUT2D eigenvalue weighted by atomic mass is 9.87. The third-order valence-corrected chi connectivity index (χ3v) is 5.85. The van der Waals surface area contributed by atoms with Crippen LogP contribution in [0.3, 0.4) is 0 Å². The molecule has 9 nitrogen and oxygen atoms in total. The maximum absolute atomic E-state index is 13.0. The van der Waals surface area contributed by atoms with Crippen LogP contribution < -0.4 is 20.1 Å². The highest BCUT2D eigenvalue weighted by Crippen LogP contribution is 2.32. The molecule has 1 atom stereocenters. The zero-order valence-corrected chi connectivity index (χ0v) is 19.9. The van der Waals surface area contributed by atoms with Gasteiger partial charge in [-0.15, -0.1) is 0 Å². The van der Waals surface area contributed by atoms with E-state index in [9.17, 15) is 14.4 Å². The Labute approximate surface area is 195 Å². The molecule has 1 aromatic carbocycles. The summed E-state index contributed by atoms with van der Waals surface area (Å²) in [6.45, 7) is 8.14. The normalized spacial score (nSPS) is 16.9. The third kappa shape index (κ3) is 6.83. The van der Waals surface area contributed by atoms with Gasteiger partial charge in [-0.25, -0.2) is 0 Å². The van der Waals surface area contributed by atoms with Gasteiger partial charge in [0.15, 0.2) is 11.5 Å². The predicted octanol–water partition coefficient (Wildman–Crippen LogP) is 1.95. The number of ether oxygens (including phenoxy) is 3. The number of methoxy groups -OCH3 is 1. The molecule has 1 aromatic rings. The Morgan fingerprint density at radius 3 is 2.52 bits per heavy atom. The molecular formula is C24H35N3O6. The first-order valence-electron chi connectivity index (χ1n) is 11.4. The fraction of sp³-hybridized carbons (Fsp3) is 0.625. The second kappa shape index (κ2) is 10.9. The molecule has 3 rings (SSSR count). The number of likely N-dealkylation sites (tertiary alicyclic amines) is 1. The van der Waals surface area contributed by atoms with Gasteiger partial charge >= 0.3 is 0 Å². The van der Waals surface area contributed by atoms with Gasteiger partial charge in [0, 0.05) is 38.7 Å². The molecule has 2 N–H and O–H groups in total. The van der Waals surface area contributed by atoms with Gasteiger partial charge in [-0.1, -0.05) is 20.8 Å². The Bertz CT molecular complexity index is 858. The van der Waals surface area contributed by atoms with Crippen LogP contribution in [0, 0.1) is 11.3 Å². The van der Waals surface area contributed by atoms with E-state index in [0.717, 1.165) is 0 Å². The van der Waals surface area contributed by atoms with Crippen molar-refractivity contribution in [2.45, 2.75) is 46.1 Å².